The van der Waals surface area contributed by atoms with Crippen LogP contribution in [-0.2, 0) is 0 Å². The number of hydrogen-bond acceptors (Lipinski definition) is 5. The van der Waals surface area contributed by atoms with Crippen molar-refractivity contribution in [1.29, 1.82) is 0 Å². The number of fused-ring (bicyclic) bond motifs is 7. The van der Waals surface area contributed by atoms with Crippen LogP contribution < -0.4 is 25.9 Å². The number of hydrogen-bond donors (Lipinski definition) is 1. The summed E-state index contributed by atoms with van der Waals surface area (Å²) in [5.74, 6) is 1.74. The fourth-order valence-corrected chi connectivity index (χ4v) is 9.34. The maximum absolute atomic E-state index is 6.45. The number of benzene rings is 7. The smallest absolute Gasteiger partial charge is 0.198 e. The standard InChI is InChI=1S/C41H26BN2OS2/c1-24-11-2-5-15-29(24)43-30-23-38-37(46-35-19-8-9-20-36(35)47-38)22-27(30)39-26-13-4-3-12-25(26)21-32-40(39)42-28-14-10-18-34-41(28)44(32)31-16-6-7-17-33(31)45-34/h2-23,43H,1H3. The van der Waals surface area contributed by atoms with Crippen LogP contribution in [0.1, 0.15) is 5.56 Å². The predicted octanol–water partition coefficient (Wildman–Crippen LogP) is 10.7. The normalized spacial score (nSPS) is 13.3. The van der Waals surface area contributed by atoms with Gasteiger partial charge in [0.1, 0.15) is 0 Å². The molecule has 0 fully saturated rings. The number of ether oxygens (including phenoxy) is 1. The maximum atomic E-state index is 6.45. The Balaban J connectivity index is 1.27. The van der Waals surface area contributed by atoms with E-state index in [0.29, 0.717) is 0 Å². The van der Waals surface area contributed by atoms with Gasteiger partial charge in [-0.15, -0.1) is 0 Å². The fraction of sp³-hybridized carbons (Fsp3) is 0.0244. The molecule has 3 heterocycles. The van der Waals surface area contributed by atoms with Crippen molar-refractivity contribution in [2.75, 3.05) is 10.2 Å². The highest BCUT2D eigenvalue weighted by molar-refractivity contribution is 8.05. The second-order valence-electron chi connectivity index (χ2n) is 12.1. The van der Waals surface area contributed by atoms with Crippen LogP contribution in [0, 0.1) is 6.92 Å². The minimum atomic E-state index is 0.863. The van der Waals surface area contributed by atoms with Crippen molar-refractivity contribution >= 4 is 80.9 Å². The number of aryl methyl sites for hydroxylation is 1. The largest absolute Gasteiger partial charge is 0.453 e. The molecule has 6 heteroatoms. The SMILES string of the molecule is Cc1ccccc1Nc1cc2c(cc1-c1c3c(cc4ccccc14)N1c4ccccc4Oc4cccc(c41)[B]3)Sc1ccccc1S2. The maximum Gasteiger partial charge on any atom is 0.198 e. The van der Waals surface area contributed by atoms with Gasteiger partial charge >= 0.3 is 0 Å². The van der Waals surface area contributed by atoms with E-state index in [4.69, 9.17) is 4.74 Å². The first-order valence-corrected chi connectivity index (χ1v) is 17.4. The van der Waals surface area contributed by atoms with Gasteiger partial charge in [-0.2, -0.15) is 0 Å². The molecule has 47 heavy (non-hydrogen) atoms. The molecule has 221 valence electrons. The van der Waals surface area contributed by atoms with Crippen LogP contribution >= 0.6 is 23.5 Å². The number of nitrogens with zero attached hydrogens (tertiary/aromatic N) is 1. The third kappa shape index (κ3) is 4.25. The molecule has 3 nitrogen and oxygen atoms in total. The van der Waals surface area contributed by atoms with Gasteiger partial charge in [-0.05, 0) is 88.9 Å². The zero-order valence-corrected chi connectivity index (χ0v) is 27.1. The molecule has 7 aromatic rings. The van der Waals surface area contributed by atoms with Crippen LogP contribution in [0.4, 0.5) is 28.4 Å². The van der Waals surface area contributed by atoms with Crippen molar-refractivity contribution in [3.05, 3.63) is 139 Å². The Morgan fingerprint density at radius 1 is 0.617 bits per heavy atom. The van der Waals surface area contributed by atoms with Gasteiger partial charge < -0.3 is 15.0 Å². The number of anilines is 5. The van der Waals surface area contributed by atoms with Crippen LogP contribution in [0.2, 0.25) is 0 Å². The molecule has 1 N–H and O–H groups in total. The number of para-hydroxylation sites is 4. The van der Waals surface area contributed by atoms with E-state index in [0.717, 1.165) is 45.4 Å². The Kier molecular flexibility index (Phi) is 6.05. The Bertz CT molecular complexity index is 2440. The van der Waals surface area contributed by atoms with E-state index < -0.39 is 0 Å². The van der Waals surface area contributed by atoms with Crippen LogP contribution in [0.25, 0.3) is 21.9 Å². The van der Waals surface area contributed by atoms with Crippen molar-refractivity contribution in [2.45, 2.75) is 26.5 Å². The molecule has 0 atom stereocenters. The number of nitrogens with one attached hydrogen (secondary N) is 1. The van der Waals surface area contributed by atoms with Crippen LogP contribution in [0.5, 0.6) is 11.5 Å². The Labute approximate surface area is 282 Å². The Morgan fingerprint density at radius 2 is 1.34 bits per heavy atom. The summed E-state index contributed by atoms with van der Waals surface area (Å²) < 4.78 is 6.45. The fourth-order valence-electron chi connectivity index (χ4n) is 7.06. The summed E-state index contributed by atoms with van der Waals surface area (Å²) in [6.45, 7) is 2.17. The molecule has 0 unspecified atom stereocenters. The van der Waals surface area contributed by atoms with E-state index in [1.54, 1.807) is 0 Å². The van der Waals surface area contributed by atoms with Crippen molar-refractivity contribution in [1.82, 2.24) is 0 Å². The Morgan fingerprint density at radius 3 is 2.21 bits per heavy atom. The van der Waals surface area contributed by atoms with Crippen LogP contribution in [0.15, 0.2) is 153 Å². The Hall–Kier alpha value is -5.04. The number of rotatable bonds is 3. The third-order valence-corrected chi connectivity index (χ3v) is 11.8. The highest BCUT2D eigenvalue weighted by atomic mass is 32.2. The average molecular weight is 638 g/mol. The molecule has 0 spiro atoms. The highest BCUT2D eigenvalue weighted by Gasteiger charge is 2.35. The van der Waals surface area contributed by atoms with Gasteiger partial charge in [-0.25, -0.2) is 0 Å². The third-order valence-electron chi connectivity index (χ3n) is 9.24. The predicted molar refractivity (Wildman–Crippen MR) is 198 cm³/mol. The summed E-state index contributed by atoms with van der Waals surface area (Å²) in [5.41, 5.74) is 11.5. The molecule has 0 saturated heterocycles. The van der Waals surface area contributed by atoms with E-state index in [1.165, 1.54) is 52.5 Å². The molecule has 10 rings (SSSR count). The van der Waals surface area contributed by atoms with E-state index in [2.05, 4.69) is 152 Å². The first-order chi connectivity index (χ1) is 23.2. The summed E-state index contributed by atoms with van der Waals surface area (Å²) in [6, 6.07) is 47.9. The molecule has 1 radical (unpaired) electrons. The second-order valence-corrected chi connectivity index (χ2v) is 14.3. The van der Waals surface area contributed by atoms with Crippen molar-refractivity contribution in [3.63, 3.8) is 0 Å². The lowest BCUT2D eigenvalue weighted by molar-refractivity contribution is 0.477. The molecule has 0 amide bonds. The summed E-state index contributed by atoms with van der Waals surface area (Å²) in [7, 11) is 2.36. The van der Waals surface area contributed by atoms with Crippen LogP contribution in [0.3, 0.4) is 0 Å². The van der Waals surface area contributed by atoms with E-state index >= 15 is 0 Å². The van der Waals surface area contributed by atoms with Crippen molar-refractivity contribution in [3.8, 4) is 22.6 Å². The molecule has 0 saturated carbocycles. The van der Waals surface area contributed by atoms with Gasteiger partial charge in [0.15, 0.2) is 18.8 Å². The van der Waals surface area contributed by atoms with Gasteiger partial charge in [0.25, 0.3) is 0 Å². The summed E-state index contributed by atoms with van der Waals surface area (Å²) in [6.07, 6.45) is 0. The first kappa shape index (κ1) is 27.1. The van der Waals surface area contributed by atoms with Crippen molar-refractivity contribution in [2.24, 2.45) is 0 Å². The van der Waals surface area contributed by atoms with E-state index in [9.17, 15) is 0 Å². The van der Waals surface area contributed by atoms with Gasteiger partial charge in [0, 0.05) is 42.2 Å². The van der Waals surface area contributed by atoms with Gasteiger partial charge in [0.2, 0.25) is 0 Å². The first-order valence-electron chi connectivity index (χ1n) is 15.8. The monoisotopic (exact) mass is 637 g/mol. The molecular formula is C41H26BN2OS2. The zero-order valence-electron chi connectivity index (χ0n) is 25.5. The summed E-state index contributed by atoms with van der Waals surface area (Å²) in [5, 5.41) is 6.32. The lowest BCUT2D eigenvalue weighted by Gasteiger charge is -2.39. The minimum Gasteiger partial charge on any atom is -0.453 e. The summed E-state index contributed by atoms with van der Waals surface area (Å²) in [4.78, 5) is 7.55. The average Bonchev–Trinajstić information content (AvgIpc) is 3.10. The molecular weight excluding hydrogens is 611 g/mol. The van der Waals surface area contributed by atoms with Gasteiger partial charge in [0.05, 0.1) is 11.4 Å². The molecule has 0 aromatic heterocycles. The van der Waals surface area contributed by atoms with Gasteiger partial charge in [-0.1, -0.05) is 108 Å². The molecule has 0 bridgehead atoms. The highest BCUT2D eigenvalue weighted by Crippen LogP contribution is 2.54. The van der Waals surface area contributed by atoms with Crippen molar-refractivity contribution < 1.29 is 4.74 Å². The molecule has 0 aliphatic carbocycles. The second kappa shape index (κ2) is 10.5. The van der Waals surface area contributed by atoms with E-state index in [1.807, 2.05) is 29.6 Å². The molecule has 7 aromatic carbocycles. The lowest BCUT2D eigenvalue weighted by Crippen LogP contribution is -2.42. The topological polar surface area (TPSA) is 24.5 Å². The molecule has 3 aliphatic heterocycles. The van der Waals surface area contributed by atoms with E-state index in [-0.39, 0.29) is 0 Å². The zero-order chi connectivity index (χ0) is 31.1. The molecule has 3 aliphatic rings. The summed E-state index contributed by atoms with van der Waals surface area (Å²) >= 11 is 3.72. The lowest BCUT2D eigenvalue weighted by atomic mass is 9.57. The van der Waals surface area contributed by atoms with Gasteiger partial charge in [-0.3, -0.25) is 0 Å². The quantitative estimate of drug-likeness (QED) is 0.194. The minimum absolute atomic E-state index is 0.863. The van der Waals surface area contributed by atoms with Crippen LogP contribution in [-0.4, -0.2) is 7.28 Å².